The number of aliphatic carboxylic acids is 2. The van der Waals surface area contributed by atoms with Crippen molar-refractivity contribution in [3.8, 4) is 0 Å². The van der Waals surface area contributed by atoms with Gasteiger partial charge in [-0.2, -0.15) is 0 Å². The molecule has 0 rings (SSSR count). The Morgan fingerprint density at radius 1 is 0.636 bits per heavy atom. The molecule has 0 aromatic rings. The second kappa shape index (κ2) is 18.5. The summed E-state index contributed by atoms with van der Waals surface area (Å²) in [7, 11) is 0. The van der Waals surface area contributed by atoms with E-state index < -0.39 is 51.3 Å². The van der Waals surface area contributed by atoms with Crippen LogP contribution < -0.4 is 10.2 Å². The molecule has 0 saturated heterocycles. The Morgan fingerprint density at radius 2 is 0.773 bits per heavy atom. The summed E-state index contributed by atoms with van der Waals surface area (Å²) in [6.45, 7) is 5.37. The van der Waals surface area contributed by atoms with Gasteiger partial charge in [0.25, 0.3) is 0 Å². The minimum atomic E-state index is -3.39. The zero-order valence-electron chi connectivity index (χ0n) is 12.7. The first-order valence-corrected chi connectivity index (χ1v) is 8.22. The van der Waals surface area contributed by atoms with E-state index in [2.05, 4.69) is 9.05 Å². The maximum absolute atomic E-state index is 10.5. The molecule has 0 amide bonds. The van der Waals surface area contributed by atoms with Gasteiger partial charge in [-0.25, -0.2) is 0 Å². The molecule has 0 unspecified atom stereocenters. The van der Waals surface area contributed by atoms with Crippen LogP contribution in [0.25, 0.3) is 0 Å². The number of carboxylic acids is 2. The van der Waals surface area contributed by atoms with Crippen LogP contribution in [0.3, 0.4) is 0 Å². The van der Waals surface area contributed by atoms with Crippen LogP contribution in [0.5, 0.6) is 0 Å². The van der Waals surface area contributed by atoms with Crippen LogP contribution >= 0.6 is 0 Å². The molecule has 0 heterocycles. The van der Waals surface area contributed by atoms with Crippen LogP contribution in [0.4, 0.5) is 0 Å². The van der Waals surface area contributed by atoms with Crippen LogP contribution in [-0.4, -0.2) is 89.1 Å². The van der Waals surface area contributed by atoms with Crippen LogP contribution in [0.2, 0.25) is 0 Å². The van der Waals surface area contributed by atoms with E-state index in [0.717, 1.165) is 34.6 Å². The monoisotopic (exact) mass is 456 g/mol. The Kier molecular flexibility index (Phi) is 24.7. The van der Waals surface area contributed by atoms with Crippen molar-refractivity contribution in [1.82, 2.24) is 0 Å². The number of carbonyl (C=O) groups is 5. The molecule has 0 aliphatic rings. The predicted octanol–water partition coefficient (Wildman–Crippen LogP) is -3.21. The van der Waals surface area contributed by atoms with Crippen LogP contribution in [-0.2, 0) is 33.0 Å². The minimum absolute atomic E-state index is 0. The SMILES string of the molecule is CC(=O)[O-].CC(=O)[O-].CC(=O)[O][Sb]([O]C(C)=O)[O]C(C)=O.[Ca+2]. The first-order chi connectivity index (χ1) is 9.38. The Morgan fingerprint density at radius 3 is 0.864 bits per heavy atom. The summed E-state index contributed by atoms with van der Waals surface area (Å²) in [5.74, 6) is -4.07. The maximum atomic E-state index is 10.5. The summed E-state index contributed by atoms with van der Waals surface area (Å²) >= 11 is -3.39. The standard InChI is InChI=1S/5C2H4O2.Ca.Sb/c5*1-2(3)4;;/h5*1H3,(H,3,4);;/q;;;;;+2;+3/p-5. The summed E-state index contributed by atoms with van der Waals surface area (Å²) in [5.41, 5.74) is 0. The van der Waals surface area contributed by atoms with Gasteiger partial charge in [-0.05, 0) is 13.8 Å². The smallest absolute Gasteiger partial charge is 2.00 e. The minimum Gasteiger partial charge on any atom is 2.00 e. The van der Waals surface area contributed by atoms with E-state index in [4.69, 9.17) is 19.8 Å². The zero-order chi connectivity index (χ0) is 17.6. The second-order valence-electron chi connectivity index (χ2n) is 2.96. The molecular formula is C10H15CaO10Sb. The fraction of sp³-hybridized carbons (Fsp3) is 0.500. The van der Waals surface area contributed by atoms with E-state index in [0.29, 0.717) is 0 Å². The summed E-state index contributed by atoms with van der Waals surface area (Å²) in [4.78, 5) is 49.2. The molecule has 12 heteroatoms. The zero-order valence-corrected chi connectivity index (χ0v) is 17.5. The third-order valence-electron chi connectivity index (χ3n) is 0.609. The molecule has 122 valence electrons. The van der Waals surface area contributed by atoms with Gasteiger partial charge in [-0.15, -0.1) is 0 Å². The number of hydrogen-bond donors (Lipinski definition) is 0. The first-order valence-electron chi connectivity index (χ1n) is 5.09. The van der Waals surface area contributed by atoms with Gasteiger partial charge in [-0.1, -0.05) is 0 Å². The molecule has 0 spiro atoms. The van der Waals surface area contributed by atoms with Crippen LogP contribution in [0.1, 0.15) is 34.6 Å². The largest absolute Gasteiger partial charge is 2.00 e. The average Bonchev–Trinajstić information content (AvgIpc) is 2.10. The molecule has 0 aromatic heterocycles. The number of hydrogen-bond acceptors (Lipinski definition) is 10. The van der Waals surface area contributed by atoms with Gasteiger partial charge in [0.1, 0.15) is 0 Å². The van der Waals surface area contributed by atoms with Crippen molar-refractivity contribution in [2.24, 2.45) is 0 Å². The Hall–Kier alpha value is -0.572. The van der Waals surface area contributed by atoms with Crippen molar-refractivity contribution < 1.29 is 43.2 Å². The molecule has 0 atom stereocenters. The molecule has 0 aliphatic heterocycles. The number of carboxylic acid groups (broad SMARTS) is 2. The first kappa shape index (κ1) is 29.4. The summed E-state index contributed by atoms with van der Waals surface area (Å²) in [6, 6.07) is 0. The van der Waals surface area contributed by atoms with Crippen molar-refractivity contribution in [3.05, 3.63) is 0 Å². The van der Waals surface area contributed by atoms with E-state index in [1.54, 1.807) is 0 Å². The third kappa shape index (κ3) is 50.5. The number of carbonyl (C=O) groups excluding carboxylic acids is 5. The van der Waals surface area contributed by atoms with Gasteiger partial charge in [-0.3, -0.25) is 0 Å². The molecule has 0 aromatic carbocycles. The quantitative estimate of drug-likeness (QED) is 0.395. The Labute approximate surface area is 165 Å². The molecule has 0 bridgehead atoms. The van der Waals surface area contributed by atoms with E-state index in [1.165, 1.54) is 0 Å². The fourth-order valence-electron chi connectivity index (χ4n) is 0.371. The van der Waals surface area contributed by atoms with E-state index in [9.17, 15) is 14.4 Å². The fourth-order valence-corrected chi connectivity index (χ4v) is 2.49. The van der Waals surface area contributed by atoms with Crippen molar-refractivity contribution >= 4 is 89.1 Å². The molecule has 0 aliphatic carbocycles. The average molecular weight is 457 g/mol. The Balaban J connectivity index is -0.000000150. The predicted molar refractivity (Wildman–Crippen MR) is 68.2 cm³/mol. The van der Waals surface area contributed by atoms with E-state index in [-0.39, 0.29) is 37.7 Å². The van der Waals surface area contributed by atoms with Gasteiger partial charge in [0.05, 0.1) is 0 Å². The van der Waals surface area contributed by atoms with Crippen molar-refractivity contribution in [1.29, 1.82) is 0 Å². The van der Waals surface area contributed by atoms with Gasteiger partial charge in [0, 0.05) is 11.9 Å². The van der Waals surface area contributed by atoms with Gasteiger partial charge >= 0.3 is 121 Å². The van der Waals surface area contributed by atoms with Crippen molar-refractivity contribution in [3.63, 3.8) is 0 Å². The summed E-state index contributed by atoms with van der Waals surface area (Å²) in [6.07, 6.45) is 0. The molecule has 0 saturated carbocycles. The van der Waals surface area contributed by atoms with Gasteiger partial charge in [0.2, 0.25) is 0 Å². The summed E-state index contributed by atoms with van der Waals surface area (Å²) < 4.78 is 13.6. The molecule has 22 heavy (non-hydrogen) atoms. The van der Waals surface area contributed by atoms with Crippen molar-refractivity contribution in [2.75, 3.05) is 0 Å². The molecular weight excluding hydrogens is 442 g/mol. The molecule has 0 N–H and O–H groups in total. The van der Waals surface area contributed by atoms with Crippen LogP contribution in [0, 0.1) is 0 Å². The molecule has 10 nitrogen and oxygen atoms in total. The van der Waals surface area contributed by atoms with Gasteiger partial charge < -0.3 is 19.8 Å². The van der Waals surface area contributed by atoms with E-state index >= 15 is 0 Å². The number of rotatable bonds is 3. The van der Waals surface area contributed by atoms with E-state index in [1.807, 2.05) is 0 Å². The van der Waals surface area contributed by atoms with Crippen molar-refractivity contribution in [2.45, 2.75) is 34.6 Å². The normalized spacial score (nSPS) is 7.73. The van der Waals surface area contributed by atoms with Gasteiger partial charge in [0.15, 0.2) is 0 Å². The summed E-state index contributed by atoms with van der Waals surface area (Å²) in [5, 5.41) is 17.8. The topological polar surface area (TPSA) is 159 Å². The molecule has 0 radical (unpaired) electrons. The maximum Gasteiger partial charge on any atom is 2.00 e. The van der Waals surface area contributed by atoms with Crippen LogP contribution in [0.15, 0.2) is 0 Å². The third-order valence-corrected chi connectivity index (χ3v) is 4.09. The Bertz CT molecular complexity index is 326. The molecule has 0 fully saturated rings. The second-order valence-corrected chi connectivity index (χ2v) is 5.80.